The Morgan fingerprint density at radius 3 is 2.50 bits per heavy atom. The topological polar surface area (TPSA) is 37.3 Å². The molecule has 52 valence electrons. The van der Waals surface area contributed by atoms with E-state index in [-0.39, 0.29) is 11.2 Å². The van der Waals surface area contributed by atoms with Gasteiger partial charge in [0.05, 0.1) is 0 Å². The summed E-state index contributed by atoms with van der Waals surface area (Å²) >= 11 is 3.16. The average Bonchev–Trinajstić information content (AvgIpc) is 2.04. The normalized spacial score (nSPS) is 9.30. The number of hydrogen-bond acceptors (Lipinski definition) is 2. The van der Waals surface area contributed by atoms with Crippen LogP contribution in [0, 0.1) is 0 Å². The Hall–Kier alpha value is -0.830. The molecule has 0 unspecified atom stereocenters. The van der Waals surface area contributed by atoms with Crippen LogP contribution in [0.3, 0.4) is 0 Å². The van der Waals surface area contributed by atoms with Crippen LogP contribution in [-0.4, -0.2) is 5.11 Å². The third-order valence-electron chi connectivity index (χ3n) is 1.05. The summed E-state index contributed by atoms with van der Waals surface area (Å²) in [6.07, 6.45) is 0. The molecule has 0 atom stereocenters. The molecule has 2 nitrogen and oxygen atoms in total. The highest BCUT2D eigenvalue weighted by Crippen LogP contribution is 2.07. The maximum Gasteiger partial charge on any atom is 0.220 e. The van der Waals surface area contributed by atoms with Gasteiger partial charge in [0.2, 0.25) is 5.43 Å². The van der Waals surface area contributed by atoms with E-state index >= 15 is 0 Å². The number of aromatic hydroxyl groups is 1. The molecule has 0 aliphatic heterocycles. The Labute approximate surface area is 66.3 Å². The molecule has 0 bridgehead atoms. The molecule has 0 amide bonds. The van der Waals surface area contributed by atoms with Gasteiger partial charge < -0.3 is 5.11 Å². The van der Waals surface area contributed by atoms with E-state index in [1.54, 1.807) is 12.1 Å². The van der Waals surface area contributed by atoms with Crippen LogP contribution in [0.25, 0.3) is 0 Å². The van der Waals surface area contributed by atoms with Crippen molar-refractivity contribution in [1.29, 1.82) is 0 Å². The first-order valence-corrected chi connectivity index (χ1v) is 3.48. The molecule has 0 aromatic heterocycles. The maximum absolute atomic E-state index is 10.7. The molecule has 1 aromatic rings. The van der Waals surface area contributed by atoms with Gasteiger partial charge in [-0.2, -0.15) is 0 Å². The Morgan fingerprint density at radius 2 is 1.80 bits per heavy atom. The molecular weight excluding hydrogens is 196 g/mol. The second kappa shape index (κ2) is 2.84. The third-order valence-corrected chi connectivity index (χ3v) is 1.58. The van der Waals surface area contributed by atoms with Crippen molar-refractivity contribution < 1.29 is 5.11 Å². The van der Waals surface area contributed by atoms with Gasteiger partial charge in [-0.05, 0) is 24.3 Å². The lowest BCUT2D eigenvalue weighted by molar-refractivity contribution is 0.471. The van der Waals surface area contributed by atoms with E-state index in [2.05, 4.69) is 15.9 Å². The minimum Gasteiger partial charge on any atom is -0.504 e. The largest absolute Gasteiger partial charge is 0.504 e. The van der Waals surface area contributed by atoms with Crippen molar-refractivity contribution in [2.75, 3.05) is 0 Å². The lowest BCUT2D eigenvalue weighted by atomic mass is 10.5. The first kappa shape index (κ1) is 7.28. The summed E-state index contributed by atoms with van der Waals surface area (Å²) in [6.45, 7) is 0. The van der Waals surface area contributed by atoms with Crippen LogP contribution in [-0.2, 0) is 0 Å². The highest BCUT2D eigenvalue weighted by molar-refractivity contribution is 9.10. The molecular formula is C7H5BrO2. The summed E-state index contributed by atoms with van der Waals surface area (Å²) in [5.41, 5.74) is -0.370. The molecule has 0 fully saturated rings. The van der Waals surface area contributed by atoms with E-state index in [0.717, 1.165) is 4.47 Å². The SMILES string of the molecule is O=c1ccc(Br)ccc1O. The van der Waals surface area contributed by atoms with Crippen molar-refractivity contribution in [3.63, 3.8) is 0 Å². The highest BCUT2D eigenvalue weighted by Gasteiger charge is 1.90. The van der Waals surface area contributed by atoms with Gasteiger partial charge in [0, 0.05) is 4.47 Å². The summed E-state index contributed by atoms with van der Waals surface area (Å²) in [4.78, 5) is 10.7. The summed E-state index contributed by atoms with van der Waals surface area (Å²) in [5, 5.41) is 8.87. The minimum atomic E-state index is -0.370. The number of halogens is 1. The van der Waals surface area contributed by atoms with Gasteiger partial charge in [-0.1, -0.05) is 15.9 Å². The summed E-state index contributed by atoms with van der Waals surface area (Å²) in [5.74, 6) is -0.231. The lowest BCUT2D eigenvalue weighted by Crippen LogP contribution is -1.91. The van der Waals surface area contributed by atoms with E-state index in [9.17, 15) is 4.79 Å². The Bertz CT molecular complexity index is 296. The first-order valence-electron chi connectivity index (χ1n) is 2.69. The Balaban J connectivity index is 3.43. The molecule has 10 heavy (non-hydrogen) atoms. The van der Waals surface area contributed by atoms with E-state index < -0.39 is 0 Å². The zero-order chi connectivity index (χ0) is 7.56. The fourth-order valence-electron chi connectivity index (χ4n) is 0.537. The van der Waals surface area contributed by atoms with Crippen LogP contribution in [0.4, 0.5) is 0 Å². The van der Waals surface area contributed by atoms with Crippen LogP contribution in [0.2, 0.25) is 0 Å². The van der Waals surface area contributed by atoms with Crippen LogP contribution in [0.1, 0.15) is 0 Å². The Morgan fingerprint density at radius 1 is 1.20 bits per heavy atom. The molecule has 1 N–H and O–H groups in total. The molecule has 1 aromatic carbocycles. The summed E-state index contributed by atoms with van der Waals surface area (Å²) in [7, 11) is 0. The standard InChI is InChI=1S/C7H5BrO2/c8-5-1-3-6(9)7(10)4-2-5/h1-4H,(H,9,10). The van der Waals surface area contributed by atoms with Gasteiger partial charge in [0.1, 0.15) is 0 Å². The smallest absolute Gasteiger partial charge is 0.220 e. The molecule has 1 rings (SSSR count). The van der Waals surface area contributed by atoms with Crippen molar-refractivity contribution in [1.82, 2.24) is 0 Å². The molecule has 0 aliphatic rings. The first-order chi connectivity index (χ1) is 4.70. The molecule has 0 spiro atoms. The van der Waals surface area contributed by atoms with Crippen LogP contribution < -0.4 is 5.43 Å². The quantitative estimate of drug-likeness (QED) is 0.690. The van der Waals surface area contributed by atoms with Gasteiger partial charge in [-0.25, -0.2) is 0 Å². The lowest BCUT2D eigenvalue weighted by Gasteiger charge is -1.75. The maximum atomic E-state index is 10.7. The fraction of sp³-hybridized carbons (Fsp3) is 0. The molecule has 0 aliphatic carbocycles. The predicted octanol–water partition coefficient (Wildman–Crippen LogP) is 1.51. The van der Waals surface area contributed by atoms with Gasteiger partial charge in [0.25, 0.3) is 0 Å². The second-order valence-electron chi connectivity index (χ2n) is 1.80. The monoisotopic (exact) mass is 200 g/mol. The fourth-order valence-corrected chi connectivity index (χ4v) is 0.801. The average molecular weight is 201 g/mol. The number of hydrogen-bond donors (Lipinski definition) is 1. The minimum absolute atomic E-state index is 0.231. The van der Waals surface area contributed by atoms with Gasteiger partial charge in [-0.3, -0.25) is 4.79 Å². The van der Waals surface area contributed by atoms with Crippen molar-refractivity contribution in [3.8, 4) is 5.75 Å². The third kappa shape index (κ3) is 1.57. The van der Waals surface area contributed by atoms with Crippen molar-refractivity contribution in [2.45, 2.75) is 0 Å². The summed E-state index contributed by atoms with van der Waals surface area (Å²) in [6, 6.07) is 5.85. The predicted molar refractivity (Wildman–Crippen MR) is 42.1 cm³/mol. The molecule has 0 radical (unpaired) electrons. The van der Waals surface area contributed by atoms with Crippen LogP contribution in [0.15, 0.2) is 33.5 Å². The zero-order valence-electron chi connectivity index (χ0n) is 5.04. The van der Waals surface area contributed by atoms with E-state index in [1.807, 2.05) is 0 Å². The molecule has 0 heterocycles. The summed E-state index contributed by atoms with van der Waals surface area (Å²) < 4.78 is 0.768. The second-order valence-corrected chi connectivity index (χ2v) is 2.72. The van der Waals surface area contributed by atoms with Crippen molar-refractivity contribution >= 4 is 15.9 Å². The van der Waals surface area contributed by atoms with Gasteiger partial charge >= 0.3 is 0 Å². The van der Waals surface area contributed by atoms with Crippen LogP contribution >= 0.6 is 15.9 Å². The molecule has 0 saturated carbocycles. The van der Waals surface area contributed by atoms with E-state index in [4.69, 9.17) is 5.11 Å². The Kier molecular flexibility index (Phi) is 2.06. The van der Waals surface area contributed by atoms with Crippen molar-refractivity contribution in [3.05, 3.63) is 39.0 Å². The van der Waals surface area contributed by atoms with Crippen LogP contribution in [0.5, 0.6) is 5.75 Å². The van der Waals surface area contributed by atoms with Crippen molar-refractivity contribution in [2.24, 2.45) is 0 Å². The molecule has 3 heteroatoms. The highest BCUT2D eigenvalue weighted by atomic mass is 79.9. The molecule has 0 saturated heterocycles. The van der Waals surface area contributed by atoms with Gasteiger partial charge in [0.15, 0.2) is 5.75 Å². The number of rotatable bonds is 0. The zero-order valence-corrected chi connectivity index (χ0v) is 6.63. The van der Waals surface area contributed by atoms with E-state index in [1.165, 1.54) is 12.1 Å². The van der Waals surface area contributed by atoms with Gasteiger partial charge in [-0.15, -0.1) is 0 Å². The van der Waals surface area contributed by atoms with E-state index in [0.29, 0.717) is 0 Å².